The fourth-order valence-electron chi connectivity index (χ4n) is 1.15. The van der Waals surface area contributed by atoms with Gasteiger partial charge in [0.1, 0.15) is 5.82 Å². The Bertz CT molecular complexity index is 492. The highest BCUT2D eigenvalue weighted by Gasteiger charge is 2.32. The maximum Gasteiger partial charge on any atom is 0.411 e. The molecule has 4 nitrogen and oxygen atoms in total. The summed E-state index contributed by atoms with van der Waals surface area (Å²) in [6, 6.07) is 5.30. The van der Waals surface area contributed by atoms with Crippen molar-refractivity contribution in [3.8, 4) is 0 Å². The summed E-state index contributed by atoms with van der Waals surface area (Å²) in [4.78, 5) is 11.3. The molecule has 0 aliphatic rings. The van der Waals surface area contributed by atoms with Gasteiger partial charge in [-0.3, -0.25) is 5.32 Å². The Morgan fingerprint density at radius 2 is 1.90 bits per heavy atom. The minimum absolute atomic E-state index is 0.125. The zero-order valence-electron chi connectivity index (χ0n) is 10.8. The summed E-state index contributed by atoms with van der Waals surface area (Å²) in [6.07, 6.45) is -1.18. The van der Waals surface area contributed by atoms with Crippen LogP contribution in [0.5, 0.6) is 0 Å². The van der Waals surface area contributed by atoms with E-state index in [2.05, 4.69) is 16.1 Å². The largest absolute Gasteiger partial charge is 0.492 e. The number of carbonyl (C=O) groups is 1. The van der Waals surface area contributed by atoms with E-state index in [1.54, 1.807) is 0 Å². The number of alkyl halides is 2. The number of para-hydroxylation sites is 1. The third-order valence-electron chi connectivity index (χ3n) is 2.05. The van der Waals surface area contributed by atoms with Gasteiger partial charge in [-0.2, -0.15) is 8.78 Å². The van der Waals surface area contributed by atoms with Gasteiger partial charge < -0.3 is 9.47 Å². The highest BCUT2D eigenvalue weighted by Crippen LogP contribution is 2.17. The van der Waals surface area contributed by atoms with E-state index in [1.807, 2.05) is 5.32 Å². The van der Waals surface area contributed by atoms with Gasteiger partial charge in [0.25, 0.3) is 0 Å². The zero-order chi connectivity index (χ0) is 15.2. The van der Waals surface area contributed by atoms with E-state index >= 15 is 0 Å². The number of rotatable bonds is 6. The number of allylic oxidation sites excluding steroid dienone is 1. The minimum Gasteiger partial charge on any atom is -0.492 e. The van der Waals surface area contributed by atoms with Crippen LogP contribution in [0.3, 0.4) is 0 Å². The molecule has 0 atom stereocenters. The van der Waals surface area contributed by atoms with E-state index < -0.39 is 31.0 Å². The normalized spacial score (nSPS) is 10.8. The molecule has 1 amide bonds. The van der Waals surface area contributed by atoms with E-state index in [-0.39, 0.29) is 11.4 Å². The summed E-state index contributed by atoms with van der Waals surface area (Å²) in [5, 5.41) is 2.02. The number of anilines is 1. The number of ether oxygens (including phenoxy) is 2. The van der Waals surface area contributed by atoms with Crippen LogP contribution in [0.2, 0.25) is 0 Å². The zero-order valence-corrected chi connectivity index (χ0v) is 10.8. The second-order valence-corrected chi connectivity index (χ2v) is 4.03. The maximum atomic E-state index is 13.2. The lowest BCUT2D eigenvalue weighted by atomic mass is 10.3. The standard InChI is InChI=1S/C13H14F3NO3/c1-9(2)19-7-13(15,16)8-20-12(18)17-11-6-4-3-5-10(11)14/h3-6H,1,7-8H2,2H3,(H,17,18). The van der Waals surface area contributed by atoms with Crippen LogP contribution in [0.25, 0.3) is 0 Å². The van der Waals surface area contributed by atoms with Crippen molar-refractivity contribution in [3.05, 3.63) is 42.4 Å². The molecule has 0 aromatic heterocycles. The summed E-state index contributed by atoms with van der Waals surface area (Å²) < 4.78 is 48.5. The molecular formula is C13H14F3NO3. The van der Waals surface area contributed by atoms with Gasteiger partial charge >= 0.3 is 12.0 Å². The average Bonchev–Trinajstić information content (AvgIpc) is 2.37. The molecule has 0 spiro atoms. The number of carbonyl (C=O) groups excluding carboxylic acids is 1. The summed E-state index contributed by atoms with van der Waals surface area (Å²) in [5.41, 5.74) is -0.154. The first-order chi connectivity index (χ1) is 9.30. The Kier molecular flexibility index (Phi) is 5.42. The van der Waals surface area contributed by atoms with Gasteiger partial charge in [-0.05, 0) is 19.1 Å². The first-order valence-electron chi connectivity index (χ1n) is 5.64. The second-order valence-electron chi connectivity index (χ2n) is 4.03. The quantitative estimate of drug-likeness (QED) is 0.814. The number of hydrogen-bond donors (Lipinski definition) is 1. The summed E-state index contributed by atoms with van der Waals surface area (Å²) in [7, 11) is 0. The van der Waals surface area contributed by atoms with Crippen molar-refractivity contribution < 1.29 is 27.4 Å². The van der Waals surface area contributed by atoms with Crippen LogP contribution < -0.4 is 5.32 Å². The molecule has 0 heterocycles. The van der Waals surface area contributed by atoms with Crippen LogP contribution in [0.4, 0.5) is 23.7 Å². The predicted molar refractivity (Wildman–Crippen MR) is 67.1 cm³/mol. The van der Waals surface area contributed by atoms with Crippen LogP contribution in [0, 0.1) is 5.82 Å². The molecule has 0 bridgehead atoms. The van der Waals surface area contributed by atoms with E-state index in [0.717, 1.165) is 6.07 Å². The fraction of sp³-hybridized carbons (Fsp3) is 0.308. The molecule has 0 radical (unpaired) electrons. The molecule has 0 saturated heterocycles. The van der Waals surface area contributed by atoms with Crippen LogP contribution in [0.1, 0.15) is 6.92 Å². The van der Waals surface area contributed by atoms with Crippen molar-refractivity contribution in [2.24, 2.45) is 0 Å². The smallest absolute Gasteiger partial charge is 0.411 e. The molecule has 0 unspecified atom stereocenters. The molecule has 0 fully saturated rings. The van der Waals surface area contributed by atoms with Gasteiger partial charge in [-0.25, -0.2) is 9.18 Å². The summed E-state index contributed by atoms with van der Waals surface area (Å²) in [5.74, 6) is -3.92. The van der Waals surface area contributed by atoms with Crippen molar-refractivity contribution in [2.75, 3.05) is 18.5 Å². The van der Waals surface area contributed by atoms with Gasteiger partial charge in [0.05, 0.1) is 11.4 Å². The highest BCUT2D eigenvalue weighted by atomic mass is 19.3. The molecule has 7 heteroatoms. The molecule has 1 rings (SSSR count). The topological polar surface area (TPSA) is 47.6 Å². The number of benzene rings is 1. The molecule has 1 N–H and O–H groups in total. The van der Waals surface area contributed by atoms with E-state index in [0.29, 0.717) is 0 Å². The van der Waals surface area contributed by atoms with Gasteiger partial charge in [0.2, 0.25) is 0 Å². The van der Waals surface area contributed by atoms with E-state index in [9.17, 15) is 18.0 Å². The van der Waals surface area contributed by atoms with Gasteiger partial charge in [0, 0.05) is 0 Å². The monoisotopic (exact) mass is 289 g/mol. The Labute approximate surface area is 114 Å². The number of hydrogen-bond acceptors (Lipinski definition) is 3. The van der Waals surface area contributed by atoms with Crippen LogP contribution >= 0.6 is 0 Å². The first kappa shape index (κ1) is 15.9. The molecule has 1 aromatic carbocycles. The lowest BCUT2D eigenvalue weighted by Gasteiger charge is -2.17. The van der Waals surface area contributed by atoms with Crippen LogP contribution in [-0.4, -0.2) is 25.2 Å². The van der Waals surface area contributed by atoms with Gasteiger partial charge in [-0.1, -0.05) is 18.7 Å². The third kappa shape index (κ3) is 5.64. The average molecular weight is 289 g/mol. The number of amides is 1. The molecule has 20 heavy (non-hydrogen) atoms. The van der Waals surface area contributed by atoms with Crippen molar-refractivity contribution in [2.45, 2.75) is 12.8 Å². The number of nitrogens with one attached hydrogen (secondary N) is 1. The summed E-state index contributed by atoms with van der Waals surface area (Å²) >= 11 is 0. The third-order valence-corrected chi connectivity index (χ3v) is 2.05. The Balaban J connectivity index is 2.43. The molecule has 0 aliphatic heterocycles. The highest BCUT2D eigenvalue weighted by molar-refractivity contribution is 5.84. The minimum atomic E-state index is -3.36. The molecule has 0 saturated carbocycles. The maximum absolute atomic E-state index is 13.2. The molecule has 1 aromatic rings. The second kappa shape index (κ2) is 6.83. The SMILES string of the molecule is C=C(C)OCC(F)(F)COC(=O)Nc1ccccc1F. The lowest BCUT2D eigenvalue weighted by molar-refractivity contribution is -0.0948. The van der Waals surface area contributed by atoms with Crippen molar-refractivity contribution in [1.82, 2.24) is 0 Å². The van der Waals surface area contributed by atoms with Crippen LogP contribution in [0.15, 0.2) is 36.6 Å². The Morgan fingerprint density at radius 3 is 2.50 bits per heavy atom. The first-order valence-corrected chi connectivity index (χ1v) is 5.64. The molecule has 0 aliphatic carbocycles. The summed E-state index contributed by atoms with van der Waals surface area (Å²) in [6.45, 7) is 2.59. The van der Waals surface area contributed by atoms with Crippen LogP contribution in [-0.2, 0) is 9.47 Å². The van der Waals surface area contributed by atoms with Crippen molar-refractivity contribution >= 4 is 11.8 Å². The molecule has 110 valence electrons. The number of halogens is 3. The predicted octanol–water partition coefficient (Wildman–Crippen LogP) is 3.56. The van der Waals surface area contributed by atoms with Gasteiger partial charge in [-0.15, -0.1) is 0 Å². The van der Waals surface area contributed by atoms with Crippen molar-refractivity contribution in [3.63, 3.8) is 0 Å². The van der Waals surface area contributed by atoms with E-state index in [4.69, 9.17) is 0 Å². The lowest BCUT2D eigenvalue weighted by Crippen LogP contribution is -2.32. The van der Waals surface area contributed by atoms with Gasteiger partial charge in [0.15, 0.2) is 13.2 Å². The Morgan fingerprint density at radius 1 is 1.30 bits per heavy atom. The fourth-order valence-corrected chi connectivity index (χ4v) is 1.15. The molecular weight excluding hydrogens is 275 g/mol. The Hall–Kier alpha value is -2.18. The van der Waals surface area contributed by atoms with E-state index in [1.165, 1.54) is 25.1 Å². The van der Waals surface area contributed by atoms with Crippen molar-refractivity contribution in [1.29, 1.82) is 0 Å².